The Morgan fingerprint density at radius 2 is 1.90 bits per heavy atom. The van der Waals surface area contributed by atoms with Gasteiger partial charge in [0.15, 0.2) is 15.4 Å². The summed E-state index contributed by atoms with van der Waals surface area (Å²) < 4.78 is 63.1. The molecule has 12 heteroatoms. The lowest BCUT2D eigenvalue weighted by Gasteiger charge is -2.27. The molecule has 0 saturated carbocycles. The van der Waals surface area contributed by atoms with E-state index < -0.39 is 50.3 Å². The van der Waals surface area contributed by atoms with Crippen LogP contribution in [0.15, 0.2) is 30.3 Å². The fourth-order valence-electron chi connectivity index (χ4n) is 2.49. The topological polar surface area (TPSA) is 123 Å². The molecule has 1 aromatic heterocycles. The van der Waals surface area contributed by atoms with E-state index in [2.05, 4.69) is 4.98 Å². The molecule has 2 aromatic rings. The van der Waals surface area contributed by atoms with E-state index in [1.165, 1.54) is 37.3 Å². The Hall–Kier alpha value is -2.55. The number of hydrogen-bond donors (Lipinski definition) is 3. The molecule has 29 heavy (non-hydrogen) atoms. The van der Waals surface area contributed by atoms with Gasteiger partial charge in [0.25, 0.3) is 5.91 Å². The van der Waals surface area contributed by atoms with E-state index in [0.29, 0.717) is 6.07 Å². The standard InChI is InChI=1S/C17H15ClF3N3O4S/c1-2-29(27,28)9-16(26,10-3-5-11(18)6-4-10)15(25)24-14-7-12(17(19,20)21)13(8-22)23-14/h3-7,23,26H,2,9H2,1H3,(H,24,25). The summed E-state index contributed by atoms with van der Waals surface area (Å²) >= 11 is 5.77. The molecule has 0 saturated heterocycles. The molecule has 156 valence electrons. The van der Waals surface area contributed by atoms with Gasteiger partial charge in [-0.3, -0.25) is 4.79 Å². The number of aliphatic hydroxyl groups is 1. The Balaban J connectivity index is 2.47. The number of anilines is 1. The van der Waals surface area contributed by atoms with Gasteiger partial charge in [-0.25, -0.2) is 8.42 Å². The number of nitrogens with zero attached hydrogens (tertiary/aromatic N) is 1. The third kappa shape index (κ3) is 5.09. The summed E-state index contributed by atoms with van der Waals surface area (Å²) in [6, 6.07) is 6.89. The van der Waals surface area contributed by atoms with Gasteiger partial charge in [-0.2, -0.15) is 18.4 Å². The van der Waals surface area contributed by atoms with E-state index in [-0.39, 0.29) is 16.3 Å². The van der Waals surface area contributed by atoms with E-state index in [1.807, 2.05) is 5.32 Å². The summed E-state index contributed by atoms with van der Waals surface area (Å²) in [5, 5.41) is 22.0. The maximum absolute atomic E-state index is 13.0. The molecule has 2 rings (SSSR count). The quantitative estimate of drug-likeness (QED) is 0.625. The second-order valence-corrected chi connectivity index (χ2v) is 8.87. The second-order valence-electron chi connectivity index (χ2n) is 6.08. The molecule has 0 aliphatic heterocycles. The normalized spacial score (nSPS) is 14.1. The van der Waals surface area contributed by atoms with Gasteiger partial charge in [0.1, 0.15) is 17.6 Å². The summed E-state index contributed by atoms with van der Waals surface area (Å²) in [6.45, 7) is 1.31. The van der Waals surface area contributed by atoms with Crippen LogP contribution in [0.4, 0.5) is 19.0 Å². The number of sulfone groups is 1. The molecule has 1 unspecified atom stereocenters. The molecule has 7 nitrogen and oxygen atoms in total. The number of alkyl halides is 3. The first kappa shape index (κ1) is 22.7. The molecule has 1 amide bonds. The minimum atomic E-state index is -4.86. The van der Waals surface area contributed by atoms with Gasteiger partial charge in [-0.05, 0) is 23.8 Å². The van der Waals surface area contributed by atoms with E-state index in [1.54, 1.807) is 0 Å². The summed E-state index contributed by atoms with van der Waals surface area (Å²) in [5.41, 5.74) is -4.90. The van der Waals surface area contributed by atoms with Crippen LogP contribution in [0, 0.1) is 11.3 Å². The highest BCUT2D eigenvalue weighted by molar-refractivity contribution is 7.91. The average molecular weight is 450 g/mol. The number of aromatic amines is 1. The van der Waals surface area contributed by atoms with Crippen molar-refractivity contribution in [2.45, 2.75) is 18.7 Å². The van der Waals surface area contributed by atoms with Crippen molar-refractivity contribution in [2.75, 3.05) is 16.8 Å². The van der Waals surface area contributed by atoms with Gasteiger partial charge in [0.05, 0.1) is 11.3 Å². The number of carbonyl (C=O) groups excluding carboxylic acids is 1. The third-order valence-corrected chi connectivity index (χ3v) is 6.04. The van der Waals surface area contributed by atoms with Crippen LogP contribution < -0.4 is 5.32 Å². The summed E-state index contributed by atoms with van der Waals surface area (Å²) in [4.78, 5) is 14.8. The predicted molar refractivity (Wildman–Crippen MR) is 98.8 cm³/mol. The van der Waals surface area contributed by atoms with Crippen molar-refractivity contribution in [2.24, 2.45) is 0 Å². The Labute approximate surface area is 169 Å². The monoisotopic (exact) mass is 449 g/mol. The van der Waals surface area contributed by atoms with Gasteiger partial charge in [-0.1, -0.05) is 30.7 Å². The molecular formula is C17H15ClF3N3O4S. The number of nitrogens with one attached hydrogen (secondary N) is 2. The Morgan fingerprint density at radius 1 is 1.31 bits per heavy atom. The molecule has 1 atom stereocenters. The Kier molecular flexibility index (Phi) is 6.32. The summed E-state index contributed by atoms with van der Waals surface area (Å²) in [7, 11) is -3.89. The van der Waals surface area contributed by atoms with Crippen LogP contribution in [0.3, 0.4) is 0 Å². The van der Waals surface area contributed by atoms with Gasteiger partial charge >= 0.3 is 6.18 Å². The van der Waals surface area contributed by atoms with E-state index in [9.17, 15) is 31.5 Å². The second kappa shape index (κ2) is 8.06. The SMILES string of the molecule is CCS(=O)(=O)CC(O)(C(=O)Nc1cc(C(F)(F)F)c(C#N)[nH]1)c1ccc(Cl)cc1. The average Bonchev–Trinajstić information content (AvgIpc) is 3.05. The van der Waals surface area contributed by atoms with Crippen molar-refractivity contribution in [1.82, 2.24) is 4.98 Å². The third-order valence-electron chi connectivity index (χ3n) is 4.05. The van der Waals surface area contributed by atoms with Crippen LogP contribution in [0.2, 0.25) is 5.02 Å². The molecular weight excluding hydrogens is 435 g/mol. The van der Waals surface area contributed by atoms with Crippen molar-refractivity contribution in [3.63, 3.8) is 0 Å². The highest BCUT2D eigenvalue weighted by atomic mass is 35.5. The van der Waals surface area contributed by atoms with Crippen LogP contribution in [-0.4, -0.2) is 35.9 Å². The lowest BCUT2D eigenvalue weighted by molar-refractivity contribution is -0.137. The number of amides is 1. The van der Waals surface area contributed by atoms with Crippen LogP contribution in [0.25, 0.3) is 0 Å². The van der Waals surface area contributed by atoms with Crippen LogP contribution in [-0.2, 0) is 26.4 Å². The van der Waals surface area contributed by atoms with Crippen molar-refractivity contribution in [1.29, 1.82) is 5.26 Å². The molecule has 3 N–H and O–H groups in total. The number of aromatic nitrogens is 1. The minimum absolute atomic E-state index is 0.125. The number of halogens is 4. The van der Waals surface area contributed by atoms with E-state index >= 15 is 0 Å². The first-order valence-corrected chi connectivity index (χ1v) is 10.2. The largest absolute Gasteiger partial charge is 0.419 e. The smallest absolute Gasteiger partial charge is 0.374 e. The maximum Gasteiger partial charge on any atom is 0.419 e. The van der Waals surface area contributed by atoms with Gasteiger partial charge in [0.2, 0.25) is 0 Å². The molecule has 0 spiro atoms. The maximum atomic E-state index is 13.0. The fourth-order valence-corrected chi connectivity index (χ4v) is 3.75. The lowest BCUT2D eigenvalue weighted by atomic mass is 9.95. The number of rotatable bonds is 6. The van der Waals surface area contributed by atoms with Crippen molar-refractivity contribution in [3.8, 4) is 6.07 Å². The first-order chi connectivity index (χ1) is 13.3. The number of hydrogen-bond acceptors (Lipinski definition) is 5. The molecule has 0 fully saturated rings. The van der Waals surface area contributed by atoms with Gasteiger partial charge < -0.3 is 15.4 Å². The number of carbonyl (C=O) groups is 1. The van der Waals surface area contributed by atoms with Crippen LogP contribution >= 0.6 is 11.6 Å². The van der Waals surface area contributed by atoms with Gasteiger partial charge in [0, 0.05) is 10.8 Å². The Bertz CT molecular complexity index is 1060. The molecule has 0 radical (unpaired) electrons. The number of H-pyrrole nitrogens is 1. The van der Waals surface area contributed by atoms with Crippen LogP contribution in [0.5, 0.6) is 0 Å². The highest BCUT2D eigenvalue weighted by Crippen LogP contribution is 2.34. The first-order valence-electron chi connectivity index (χ1n) is 8.03. The van der Waals surface area contributed by atoms with Crippen molar-refractivity contribution < 1.29 is 31.5 Å². The highest BCUT2D eigenvalue weighted by Gasteiger charge is 2.43. The minimum Gasteiger partial charge on any atom is -0.374 e. The molecule has 0 bridgehead atoms. The zero-order valence-electron chi connectivity index (χ0n) is 14.8. The molecule has 0 aliphatic carbocycles. The van der Waals surface area contributed by atoms with E-state index in [4.69, 9.17) is 16.9 Å². The predicted octanol–water partition coefficient (Wildman–Crippen LogP) is 2.82. The molecule has 1 aromatic carbocycles. The van der Waals surface area contributed by atoms with Crippen LogP contribution in [0.1, 0.15) is 23.7 Å². The van der Waals surface area contributed by atoms with E-state index in [0.717, 1.165) is 0 Å². The molecule has 1 heterocycles. The number of nitriles is 1. The fraction of sp³-hybridized carbons (Fsp3) is 0.294. The zero-order chi connectivity index (χ0) is 22.0. The summed E-state index contributed by atoms with van der Waals surface area (Å²) in [5.74, 6) is -3.21. The van der Waals surface area contributed by atoms with Crippen molar-refractivity contribution in [3.05, 3.63) is 52.2 Å². The van der Waals surface area contributed by atoms with Crippen molar-refractivity contribution >= 4 is 33.2 Å². The zero-order valence-corrected chi connectivity index (χ0v) is 16.4. The number of benzene rings is 1. The Morgan fingerprint density at radius 3 is 2.34 bits per heavy atom. The summed E-state index contributed by atoms with van der Waals surface area (Å²) in [6.07, 6.45) is -4.86. The lowest BCUT2D eigenvalue weighted by Crippen LogP contribution is -2.46. The molecule has 0 aliphatic rings. The van der Waals surface area contributed by atoms with Gasteiger partial charge in [-0.15, -0.1) is 0 Å².